The molecule has 0 spiro atoms. The third-order valence-corrected chi connectivity index (χ3v) is 4.10. The molecule has 2 atom stereocenters. The van der Waals surface area contributed by atoms with E-state index in [0.717, 1.165) is 0 Å². The molecule has 1 aromatic carbocycles. The minimum Gasteiger partial charge on any atom is -0.481 e. The number of amidine groups is 1. The first-order valence-corrected chi connectivity index (χ1v) is 7.96. The quantitative estimate of drug-likeness (QED) is 0.486. The zero-order valence-electron chi connectivity index (χ0n) is 13.8. The van der Waals surface area contributed by atoms with Gasteiger partial charge >= 0.3 is 5.97 Å². The first kappa shape index (κ1) is 18.2. The number of hydrogen-bond donors (Lipinski definition) is 5. The molecule has 0 unspecified atom stereocenters. The molecule has 0 aliphatic carbocycles. The summed E-state index contributed by atoms with van der Waals surface area (Å²) in [6, 6.07) is 4.84. The number of halogens is 1. The van der Waals surface area contributed by atoms with Gasteiger partial charge in [0.2, 0.25) is 0 Å². The van der Waals surface area contributed by atoms with Crippen LogP contribution in [0.3, 0.4) is 0 Å². The molecular weight excluding hydrogens is 313 g/mol. The Bertz CT molecular complexity index is 620. The van der Waals surface area contributed by atoms with Crippen molar-refractivity contribution in [2.24, 2.45) is 28.6 Å². The van der Waals surface area contributed by atoms with Crippen molar-refractivity contribution < 1.29 is 14.3 Å². The zero-order chi connectivity index (χ0) is 17.7. The van der Waals surface area contributed by atoms with Gasteiger partial charge in [-0.15, -0.1) is 10.6 Å². The summed E-state index contributed by atoms with van der Waals surface area (Å²) in [4.78, 5) is 11.8. The summed E-state index contributed by atoms with van der Waals surface area (Å²) in [5.41, 5.74) is 14.6. The van der Waals surface area contributed by atoms with Crippen LogP contribution < -0.4 is 22.2 Å². The smallest absolute Gasteiger partial charge is 0.307 e. The Kier molecular flexibility index (Phi) is 6.10. The van der Waals surface area contributed by atoms with Crippen LogP contribution in [-0.4, -0.2) is 16.9 Å². The fraction of sp³-hybridized carbons (Fsp3) is 0.500. The van der Waals surface area contributed by atoms with Gasteiger partial charge in [0.05, 0.1) is 5.92 Å². The SMILES string of the molecule is CC(C)C[C@H](C(=O)O)[C@H](Cc1ccc(CN)c(F)c1)C1=NNNN1. The normalized spacial score (nSPS) is 16.3. The van der Waals surface area contributed by atoms with Crippen LogP contribution in [-0.2, 0) is 17.8 Å². The third-order valence-electron chi connectivity index (χ3n) is 4.10. The van der Waals surface area contributed by atoms with E-state index < -0.39 is 17.8 Å². The van der Waals surface area contributed by atoms with Crippen molar-refractivity contribution in [3.05, 3.63) is 35.1 Å². The van der Waals surface area contributed by atoms with Crippen molar-refractivity contribution >= 4 is 11.8 Å². The van der Waals surface area contributed by atoms with E-state index in [1.807, 2.05) is 13.8 Å². The molecule has 6 N–H and O–H groups in total. The molecule has 0 amide bonds. The third kappa shape index (κ3) is 4.42. The van der Waals surface area contributed by atoms with E-state index in [0.29, 0.717) is 29.8 Å². The van der Waals surface area contributed by atoms with Crippen molar-refractivity contribution in [2.45, 2.75) is 33.2 Å². The minimum absolute atomic E-state index is 0.128. The van der Waals surface area contributed by atoms with Crippen molar-refractivity contribution in [3.8, 4) is 0 Å². The number of carbonyl (C=O) groups is 1. The molecule has 8 heteroatoms. The van der Waals surface area contributed by atoms with Gasteiger partial charge in [-0.2, -0.15) is 0 Å². The maximum atomic E-state index is 14.0. The number of nitrogens with two attached hydrogens (primary N) is 1. The Morgan fingerprint density at radius 1 is 1.42 bits per heavy atom. The molecule has 7 nitrogen and oxygen atoms in total. The fourth-order valence-corrected chi connectivity index (χ4v) is 2.90. The Hall–Kier alpha value is -2.19. The molecule has 0 radical (unpaired) electrons. The molecule has 132 valence electrons. The Morgan fingerprint density at radius 2 is 2.17 bits per heavy atom. The Labute approximate surface area is 140 Å². The van der Waals surface area contributed by atoms with Crippen molar-refractivity contribution in [1.82, 2.24) is 16.5 Å². The van der Waals surface area contributed by atoms with Crippen molar-refractivity contribution in [1.29, 1.82) is 0 Å². The molecule has 0 saturated heterocycles. The zero-order valence-corrected chi connectivity index (χ0v) is 13.8. The summed E-state index contributed by atoms with van der Waals surface area (Å²) in [5, 5.41) is 13.7. The van der Waals surface area contributed by atoms with E-state index in [1.54, 1.807) is 12.1 Å². The minimum atomic E-state index is -0.885. The maximum absolute atomic E-state index is 14.0. The van der Waals surface area contributed by atoms with E-state index in [9.17, 15) is 14.3 Å². The summed E-state index contributed by atoms with van der Waals surface area (Å²) in [6.07, 6.45) is 0.866. The van der Waals surface area contributed by atoms with Gasteiger partial charge in [0.1, 0.15) is 11.7 Å². The van der Waals surface area contributed by atoms with Crippen LogP contribution in [0.5, 0.6) is 0 Å². The highest BCUT2D eigenvalue weighted by atomic mass is 19.1. The Morgan fingerprint density at radius 3 is 2.67 bits per heavy atom. The number of rotatable bonds is 8. The molecule has 0 aromatic heterocycles. The van der Waals surface area contributed by atoms with Gasteiger partial charge in [-0.1, -0.05) is 26.0 Å². The standard InChI is InChI=1S/C16H24FN5O2/c1-9(2)5-13(16(23)24)12(15-19-21-22-20-15)6-10-3-4-11(8-18)14(17)7-10/h3-4,7,9,12-13,21-22H,5-6,8,18H2,1-2H3,(H,19,20)(H,23,24)/t12-,13-/m0/s1. The van der Waals surface area contributed by atoms with E-state index in [4.69, 9.17) is 5.73 Å². The summed E-state index contributed by atoms with van der Waals surface area (Å²) in [7, 11) is 0. The predicted molar refractivity (Wildman–Crippen MR) is 88.9 cm³/mol. The second kappa shape index (κ2) is 8.07. The molecule has 1 heterocycles. The highest BCUT2D eigenvalue weighted by molar-refractivity contribution is 5.89. The molecule has 1 aromatic rings. The molecule has 0 fully saturated rings. The first-order valence-electron chi connectivity index (χ1n) is 7.96. The molecule has 1 aliphatic heterocycles. The highest BCUT2D eigenvalue weighted by Gasteiger charge is 2.34. The average Bonchev–Trinajstić information content (AvgIpc) is 3.04. The maximum Gasteiger partial charge on any atom is 0.307 e. The number of nitrogens with one attached hydrogen (secondary N) is 3. The molecule has 1 aliphatic rings. The molecule has 2 rings (SSSR count). The fourth-order valence-electron chi connectivity index (χ4n) is 2.90. The van der Waals surface area contributed by atoms with Gasteiger partial charge in [0.25, 0.3) is 0 Å². The lowest BCUT2D eigenvalue weighted by Crippen LogP contribution is -2.42. The average molecular weight is 337 g/mol. The largest absolute Gasteiger partial charge is 0.481 e. The first-order chi connectivity index (χ1) is 11.4. The summed E-state index contributed by atoms with van der Waals surface area (Å²) >= 11 is 0. The number of hydrogen-bond acceptors (Lipinski definition) is 6. The van der Waals surface area contributed by atoms with Crippen LogP contribution in [0, 0.1) is 23.6 Å². The van der Waals surface area contributed by atoms with Crippen LogP contribution >= 0.6 is 0 Å². The lowest BCUT2D eigenvalue weighted by Gasteiger charge is -2.25. The number of aliphatic carboxylic acids is 1. The predicted octanol–water partition coefficient (Wildman–Crippen LogP) is 1.12. The van der Waals surface area contributed by atoms with Gasteiger partial charge in [-0.3, -0.25) is 10.2 Å². The van der Waals surface area contributed by atoms with E-state index in [1.165, 1.54) is 6.07 Å². The number of carboxylic acids is 1. The molecule has 24 heavy (non-hydrogen) atoms. The van der Waals surface area contributed by atoms with Crippen LogP contribution in [0.25, 0.3) is 0 Å². The molecule has 0 bridgehead atoms. The van der Waals surface area contributed by atoms with Gasteiger partial charge in [0.15, 0.2) is 0 Å². The monoisotopic (exact) mass is 337 g/mol. The molecule has 0 saturated carbocycles. The number of nitrogens with zero attached hydrogens (tertiary/aromatic N) is 1. The summed E-state index contributed by atoms with van der Waals surface area (Å²) in [5.74, 6) is -1.57. The van der Waals surface area contributed by atoms with E-state index in [2.05, 4.69) is 21.6 Å². The second-order valence-electron chi connectivity index (χ2n) is 6.37. The summed E-state index contributed by atoms with van der Waals surface area (Å²) < 4.78 is 14.0. The van der Waals surface area contributed by atoms with E-state index in [-0.39, 0.29) is 18.3 Å². The van der Waals surface area contributed by atoms with Gasteiger partial charge in [-0.05, 0) is 30.4 Å². The second-order valence-corrected chi connectivity index (χ2v) is 6.37. The van der Waals surface area contributed by atoms with Gasteiger partial charge < -0.3 is 10.8 Å². The summed E-state index contributed by atoms with van der Waals surface area (Å²) in [6.45, 7) is 4.08. The van der Waals surface area contributed by atoms with Crippen LogP contribution in [0.15, 0.2) is 23.3 Å². The number of benzene rings is 1. The highest BCUT2D eigenvalue weighted by Crippen LogP contribution is 2.26. The lowest BCUT2D eigenvalue weighted by molar-refractivity contribution is -0.143. The van der Waals surface area contributed by atoms with Crippen molar-refractivity contribution in [3.63, 3.8) is 0 Å². The van der Waals surface area contributed by atoms with Gasteiger partial charge in [-0.25, -0.2) is 9.93 Å². The number of carboxylic acid groups (broad SMARTS) is 1. The molecular formula is C16H24FN5O2. The van der Waals surface area contributed by atoms with Crippen LogP contribution in [0.1, 0.15) is 31.4 Å². The topological polar surface area (TPSA) is 112 Å². The number of hydrazine groups is 2. The van der Waals surface area contributed by atoms with Crippen LogP contribution in [0.4, 0.5) is 4.39 Å². The van der Waals surface area contributed by atoms with Crippen LogP contribution in [0.2, 0.25) is 0 Å². The van der Waals surface area contributed by atoms with E-state index >= 15 is 0 Å². The lowest BCUT2D eigenvalue weighted by atomic mass is 9.81. The van der Waals surface area contributed by atoms with Crippen molar-refractivity contribution in [2.75, 3.05) is 0 Å². The Balaban J connectivity index is 2.28. The number of hydrazone groups is 1. The van der Waals surface area contributed by atoms with Gasteiger partial charge in [0, 0.05) is 18.0 Å².